The van der Waals surface area contributed by atoms with E-state index in [1.54, 1.807) is 0 Å². The molecule has 3 N–H and O–H groups in total. The van der Waals surface area contributed by atoms with Crippen LogP contribution in [0, 0.1) is 0 Å². The van der Waals surface area contributed by atoms with E-state index in [9.17, 15) is 4.79 Å². The van der Waals surface area contributed by atoms with Gasteiger partial charge in [0, 0.05) is 6.04 Å². The molecule has 16 heavy (non-hydrogen) atoms. The molecule has 0 aromatic rings. The molecule has 0 spiro atoms. The van der Waals surface area contributed by atoms with E-state index in [4.69, 9.17) is 15.6 Å². The van der Waals surface area contributed by atoms with Crippen molar-refractivity contribution in [2.24, 2.45) is 5.73 Å². The molecule has 4 nitrogen and oxygen atoms in total. The molecule has 4 heteroatoms. The molecule has 0 saturated heterocycles. The van der Waals surface area contributed by atoms with E-state index in [-0.39, 0.29) is 12.1 Å². The molecular weight excluding hydrogens is 206 g/mol. The van der Waals surface area contributed by atoms with Gasteiger partial charge in [0.05, 0.1) is 6.10 Å². The van der Waals surface area contributed by atoms with Crippen molar-refractivity contribution in [3.63, 3.8) is 0 Å². The van der Waals surface area contributed by atoms with Crippen molar-refractivity contribution >= 4 is 5.97 Å². The summed E-state index contributed by atoms with van der Waals surface area (Å²) in [7, 11) is 0. The number of carboxylic acids is 1. The van der Waals surface area contributed by atoms with Gasteiger partial charge in [0.2, 0.25) is 0 Å². The first-order valence-electron chi connectivity index (χ1n) is 6.29. The number of nitrogens with two attached hydrogens (primary N) is 1. The normalized spacial score (nSPS) is 28.4. The van der Waals surface area contributed by atoms with Gasteiger partial charge in [-0.2, -0.15) is 0 Å². The average Bonchev–Trinajstić information content (AvgIpc) is 2.43. The zero-order valence-electron chi connectivity index (χ0n) is 10.0. The maximum atomic E-state index is 11.0. The summed E-state index contributed by atoms with van der Waals surface area (Å²) in [6, 6.07) is 0.00112. The second kappa shape index (κ2) is 6.86. The molecule has 1 aliphatic carbocycles. The summed E-state index contributed by atoms with van der Waals surface area (Å²) in [6.07, 6.45) is 5.88. The predicted molar refractivity (Wildman–Crippen MR) is 62.3 cm³/mol. The van der Waals surface area contributed by atoms with Gasteiger partial charge in [0.15, 0.2) is 6.10 Å². The van der Waals surface area contributed by atoms with E-state index in [1.807, 2.05) is 6.92 Å². The Morgan fingerprint density at radius 3 is 2.75 bits per heavy atom. The van der Waals surface area contributed by atoms with Crippen LogP contribution < -0.4 is 5.73 Å². The highest BCUT2D eigenvalue weighted by Gasteiger charge is 2.27. The van der Waals surface area contributed by atoms with Gasteiger partial charge in [-0.1, -0.05) is 32.6 Å². The molecule has 1 rings (SSSR count). The topological polar surface area (TPSA) is 72.5 Å². The van der Waals surface area contributed by atoms with Gasteiger partial charge in [-0.25, -0.2) is 4.79 Å². The Labute approximate surface area is 97.2 Å². The van der Waals surface area contributed by atoms with Crippen LogP contribution in [0.4, 0.5) is 0 Å². The zero-order valence-corrected chi connectivity index (χ0v) is 10.0. The predicted octanol–water partition coefficient (Wildman–Crippen LogP) is 1.92. The standard InChI is InChI=1S/C12H23NO3/c1-2-6-11(12(14)15)16-10-8-5-3-4-7-9(10)13/h9-11H,2-8,13H2,1H3,(H,14,15). The third-order valence-electron chi connectivity index (χ3n) is 3.17. The average molecular weight is 229 g/mol. The molecular formula is C12H23NO3. The van der Waals surface area contributed by atoms with Crippen LogP contribution in [0.15, 0.2) is 0 Å². The molecule has 3 unspecified atom stereocenters. The molecule has 0 aromatic heterocycles. The van der Waals surface area contributed by atoms with Crippen molar-refractivity contribution in [2.75, 3.05) is 0 Å². The molecule has 0 heterocycles. The first-order chi connectivity index (χ1) is 7.65. The molecule has 1 fully saturated rings. The summed E-state index contributed by atoms with van der Waals surface area (Å²) in [5.41, 5.74) is 6.01. The molecule has 0 aliphatic heterocycles. The Morgan fingerprint density at radius 2 is 2.12 bits per heavy atom. The maximum Gasteiger partial charge on any atom is 0.332 e. The molecule has 0 amide bonds. The van der Waals surface area contributed by atoms with Crippen molar-refractivity contribution in [1.82, 2.24) is 0 Å². The molecule has 1 saturated carbocycles. The Morgan fingerprint density at radius 1 is 1.44 bits per heavy atom. The Kier molecular flexibility index (Phi) is 5.77. The number of ether oxygens (including phenoxy) is 1. The lowest BCUT2D eigenvalue weighted by molar-refractivity contribution is -0.156. The third-order valence-corrected chi connectivity index (χ3v) is 3.17. The van der Waals surface area contributed by atoms with E-state index >= 15 is 0 Å². The number of hydrogen-bond donors (Lipinski definition) is 2. The molecule has 3 atom stereocenters. The maximum absolute atomic E-state index is 11.0. The fraction of sp³-hybridized carbons (Fsp3) is 0.917. The zero-order chi connectivity index (χ0) is 12.0. The van der Waals surface area contributed by atoms with Gasteiger partial charge in [-0.15, -0.1) is 0 Å². The smallest absolute Gasteiger partial charge is 0.332 e. The number of carboxylic acid groups (broad SMARTS) is 1. The van der Waals surface area contributed by atoms with Crippen molar-refractivity contribution in [3.8, 4) is 0 Å². The Balaban J connectivity index is 2.50. The van der Waals surface area contributed by atoms with E-state index in [1.165, 1.54) is 6.42 Å². The fourth-order valence-electron chi connectivity index (χ4n) is 2.19. The van der Waals surface area contributed by atoms with E-state index in [2.05, 4.69) is 0 Å². The minimum atomic E-state index is -0.863. The van der Waals surface area contributed by atoms with Crippen LogP contribution in [0.25, 0.3) is 0 Å². The number of hydrogen-bond acceptors (Lipinski definition) is 3. The molecule has 94 valence electrons. The van der Waals surface area contributed by atoms with Gasteiger partial charge < -0.3 is 15.6 Å². The van der Waals surface area contributed by atoms with Gasteiger partial charge in [0.1, 0.15) is 0 Å². The van der Waals surface area contributed by atoms with Crippen LogP contribution in [-0.2, 0) is 9.53 Å². The van der Waals surface area contributed by atoms with Gasteiger partial charge in [-0.05, 0) is 19.3 Å². The lowest BCUT2D eigenvalue weighted by Crippen LogP contribution is -2.40. The number of carbonyl (C=O) groups is 1. The first-order valence-corrected chi connectivity index (χ1v) is 6.29. The summed E-state index contributed by atoms with van der Waals surface area (Å²) in [5, 5.41) is 9.03. The fourth-order valence-corrected chi connectivity index (χ4v) is 2.19. The molecule has 1 aliphatic rings. The highest BCUT2D eigenvalue weighted by Crippen LogP contribution is 2.21. The van der Waals surface area contributed by atoms with Crippen molar-refractivity contribution in [2.45, 2.75) is 70.1 Å². The second-order valence-electron chi connectivity index (χ2n) is 4.59. The summed E-state index contributed by atoms with van der Waals surface area (Å²) in [6.45, 7) is 1.96. The monoisotopic (exact) mass is 229 g/mol. The van der Waals surface area contributed by atoms with Crippen LogP contribution in [0.5, 0.6) is 0 Å². The van der Waals surface area contributed by atoms with Crippen LogP contribution in [0.2, 0.25) is 0 Å². The third kappa shape index (κ3) is 4.10. The Bertz CT molecular complexity index is 220. The van der Waals surface area contributed by atoms with Crippen LogP contribution in [0.3, 0.4) is 0 Å². The van der Waals surface area contributed by atoms with Crippen LogP contribution in [0.1, 0.15) is 51.9 Å². The minimum Gasteiger partial charge on any atom is -0.479 e. The van der Waals surface area contributed by atoms with E-state index < -0.39 is 12.1 Å². The molecule has 0 radical (unpaired) electrons. The lowest BCUT2D eigenvalue weighted by atomic mass is 10.1. The van der Waals surface area contributed by atoms with Crippen molar-refractivity contribution in [3.05, 3.63) is 0 Å². The van der Waals surface area contributed by atoms with Gasteiger partial charge >= 0.3 is 5.97 Å². The highest BCUT2D eigenvalue weighted by atomic mass is 16.5. The molecule has 0 aromatic carbocycles. The van der Waals surface area contributed by atoms with Crippen molar-refractivity contribution in [1.29, 1.82) is 0 Å². The minimum absolute atomic E-state index is 0.00112. The summed E-state index contributed by atoms with van der Waals surface area (Å²) in [5.74, 6) is -0.863. The largest absolute Gasteiger partial charge is 0.479 e. The second-order valence-corrected chi connectivity index (χ2v) is 4.59. The van der Waals surface area contributed by atoms with E-state index in [0.717, 1.165) is 32.1 Å². The number of aliphatic carboxylic acids is 1. The Hall–Kier alpha value is -0.610. The SMILES string of the molecule is CCCC(OC1CCCCCC1N)C(=O)O. The van der Waals surface area contributed by atoms with Crippen molar-refractivity contribution < 1.29 is 14.6 Å². The number of rotatable bonds is 5. The quantitative estimate of drug-likeness (QED) is 0.706. The highest BCUT2D eigenvalue weighted by molar-refractivity contribution is 5.72. The lowest BCUT2D eigenvalue weighted by Gasteiger charge is -2.25. The first kappa shape index (κ1) is 13.5. The van der Waals surface area contributed by atoms with Gasteiger partial charge in [0.25, 0.3) is 0 Å². The van der Waals surface area contributed by atoms with E-state index in [0.29, 0.717) is 6.42 Å². The van der Waals surface area contributed by atoms with Gasteiger partial charge in [-0.3, -0.25) is 0 Å². The van der Waals surface area contributed by atoms with Crippen LogP contribution >= 0.6 is 0 Å². The summed E-state index contributed by atoms with van der Waals surface area (Å²) in [4.78, 5) is 11.0. The summed E-state index contributed by atoms with van der Waals surface area (Å²) < 4.78 is 5.66. The molecule has 0 bridgehead atoms. The van der Waals surface area contributed by atoms with Crippen LogP contribution in [-0.4, -0.2) is 29.3 Å². The summed E-state index contributed by atoms with van der Waals surface area (Å²) >= 11 is 0.